The summed E-state index contributed by atoms with van der Waals surface area (Å²) in [5, 5.41) is 0. The van der Waals surface area contributed by atoms with Crippen molar-refractivity contribution < 1.29 is 32.2 Å². The molecule has 4 nitrogen and oxygen atoms in total. The minimum Gasteiger partial charge on any atom is -0.494 e. The molecule has 1 aromatic carbocycles. The molecule has 20 heavy (non-hydrogen) atoms. The quantitative estimate of drug-likeness (QED) is 0.756. The number of alkyl halides is 3. The van der Waals surface area contributed by atoms with Gasteiger partial charge in [0, 0.05) is 11.6 Å². The summed E-state index contributed by atoms with van der Waals surface area (Å²) in [6, 6.07) is 3.93. The first-order valence-corrected chi connectivity index (χ1v) is 6.02. The first kappa shape index (κ1) is 16.1. The fraction of sp³-hybridized carbons (Fsp3) is 0.462. The molecule has 0 saturated carbocycles. The minimum absolute atomic E-state index is 0.0872. The first-order valence-electron chi connectivity index (χ1n) is 6.02. The van der Waals surface area contributed by atoms with Gasteiger partial charge in [-0.2, -0.15) is 0 Å². The van der Waals surface area contributed by atoms with E-state index in [1.807, 2.05) is 0 Å². The van der Waals surface area contributed by atoms with Crippen LogP contribution in [0.1, 0.15) is 19.4 Å². The summed E-state index contributed by atoms with van der Waals surface area (Å²) < 4.78 is 50.8. The molecule has 0 amide bonds. The number of hydrogen-bond donors (Lipinski definition) is 0. The molecule has 1 aromatic rings. The van der Waals surface area contributed by atoms with Crippen LogP contribution in [-0.2, 0) is 16.0 Å². The van der Waals surface area contributed by atoms with Gasteiger partial charge in [-0.05, 0) is 19.9 Å². The zero-order valence-corrected chi connectivity index (χ0v) is 11.1. The summed E-state index contributed by atoms with van der Waals surface area (Å²) in [6.07, 6.45) is -5.14. The topological polar surface area (TPSA) is 44.8 Å². The van der Waals surface area contributed by atoms with Gasteiger partial charge in [-0.25, -0.2) is 0 Å². The molecular formula is C13H15F3O4. The molecule has 0 aromatic heterocycles. The van der Waals surface area contributed by atoms with Gasteiger partial charge < -0.3 is 14.2 Å². The van der Waals surface area contributed by atoms with Crippen molar-refractivity contribution in [2.24, 2.45) is 0 Å². The van der Waals surface area contributed by atoms with Crippen LogP contribution in [0.4, 0.5) is 13.2 Å². The van der Waals surface area contributed by atoms with E-state index in [0.717, 1.165) is 6.07 Å². The van der Waals surface area contributed by atoms with Gasteiger partial charge in [0.25, 0.3) is 0 Å². The Morgan fingerprint density at radius 2 is 1.90 bits per heavy atom. The van der Waals surface area contributed by atoms with E-state index in [0.29, 0.717) is 6.61 Å². The van der Waals surface area contributed by atoms with Gasteiger partial charge in [-0.1, -0.05) is 6.07 Å². The van der Waals surface area contributed by atoms with Gasteiger partial charge >= 0.3 is 12.3 Å². The predicted octanol–water partition coefficient (Wildman–Crippen LogP) is 3.09. The number of carbonyl (C=O) groups is 1. The van der Waals surface area contributed by atoms with E-state index >= 15 is 0 Å². The molecule has 0 radical (unpaired) electrons. The highest BCUT2D eigenvalue weighted by atomic mass is 19.4. The molecule has 0 saturated heterocycles. The number of halogens is 3. The van der Waals surface area contributed by atoms with Gasteiger partial charge in [0.15, 0.2) is 0 Å². The third kappa shape index (κ3) is 5.38. The third-order valence-corrected chi connectivity index (χ3v) is 2.22. The Balaban J connectivity index is 2.99. The van der Waals surface area contributed by atoms with E-state index in [2.05, 4.69) is 4.74 Å². The van der Waals surface area contributed by atoms with Gasteiger partial charge in [-0.15, -0.1) is 13.2 Å². The largest absolute Gasteiger partial charge is 0.573 e. The SMILES string of the molecule is CCOC(=O)Cc1ccc(OCC)cc1OC(F)(F)F. The van der Waals surface area contributed by atoms with Crippen LogP contribution in [0.3, 0.4) is 0 Å². The van der Waals surface area contributed by atoms with Crippen LogP contribution in [0.25, 0.3) is 0 Å². The standard InChI is InChI=1S/C13H15F3O4/c1-3-18-10-6-5-9(7-12(17)19-4-2)11(8-10)20-13(14,15)16/h5-6,8H,3-4,7H2,1-2H3. The second-order valence-electron chi connectivity index (χ2n) is 3.73. The van der Waals surface area contributed by atoms with Crippen molar-refractivity contribution in [2.45, 2.75) is 26.6 Å². The normalized spacial score (nSPS) is 11.1. The lowest BCUT2D eigenvalue weighted by Gasteiger charge is -2.14. The minimum atomic E-state index is -4.84. The summed E-state index contributed by atoms with van der Waals surface area (Å²) in [5.74, 6) is -0.848. The van der Waals surface area contributed by atoms with Crippen molar-refractivity contribution in [3.63, 3.8) is 0 Å². The van der Waals surface area contributed by atoms with E-state index in [1.165, 1.54) is 12.1 Å². The average Bonchev–Trinajstić information content (AvgIpc) is 2.31. The zero-order chi connectivity index (χ0) is 15.2. The van der Waals surface area contributed by atoms with Crippen molar-refractivity contribution in [1.82, 2.24) is 0 Å². The lowest BCUT2D eigenvalue weighted by Crippen LogP contribution is -2.19. The second kappa shape index (κ2) is 7.02. The highest BCUT2D eigenvalue weighted by Crippen LogP contribution is 2.30. The number of ether oxygens (including phenoxy) is 3. The predicted molar refractivity (Wildman–Crippen MR) is 64.6 cm³/mol. The van der Waals surface area contributed by atoms with Crippen molar-refractivity contribution in [3.8, 4) is 11.5 Å². The van der Waals surface area contributed by atoms with Crippen LogP contribution in [0, 0.1) is 0 Å². The highest BCUT2D eigenvalue weighted by molar-refractivity contribution is 5.73. The molecule has 0 aliphatic rings. The summed E-state index contributed by atoms with van der Waals surface area (Å²) >= 11 is 0. The monoisotopic (exact) mass is 292 g/mol. The molecule has 0 aliphatic heterocycles. The van der Waals surface area contributed by atoms with Crippen molar-refractivity contribution >= 4 is 5.97 Å². The van der Waals surface area contributed by atoms with Gasteiger partial charge in [-0.3, -0.25) is 4.79 Å². The fourth-order valence-electron chi connectivity index (χ4n) is 1.52. The summed E-state index contributed by atoms with van der Waals surface area (Å²) in [4.78, 5) is 11.4. The number of carbonyl (C=O) groups excluding carboxylic acids is 1. The van der Waals surface area contributed by atoms with Crippen molar-refractivity contribution in [3.05, 3.63) is 23.8 Å². The van der Waals surface area contributed by atoms with Crippen LogP contribution < -0.4 is 9.47 Å². The lowest BCUT2D eigenvalue weighted by atomic mass is 10.1. The van der Waals surface area contributed by atoms with Crippen LogP contribution >= 0.6 is 0 Å². The van der Waals surface area contributed by atoms with E-state index in [1.54, 1.807) is 13.8 Å². The number of hydrogen-bond acceptors (Lipinski definition) is 4. The van der Waals surface area contributed by atoms with E-state index in [9.17, 15) is 18.0 Å². The fourth-order valence-corrected chi connectivity index (χ4v) is 1.52. The maximum atomic E-state index is 12.3. The number of rotatable bonds is 6. The average molecular weight is 292 g/mol. The Kier molecular flexibility index (Phi) is 5.66. The molecule has 112 valence electrons. The molecule has 0 N–H and O–H groups in total. The third-order valence-electron chi connectivity index (χ3n) is 2.22. The van der Waals surface area contributed by atoms with Crippen LogP contribution in [-0.4, -0.2) is 25.5 Å². The van der Waals surface area contributed by atoms with E-state index < -0.39 is 18.1 Å². The molecule has 0 unspecified atom stereocenters. The maximum absolute atomic E-state index is 12.3. The lowest BCUT2D eigenvalue weighted by molar-refractivity contribution is -0.275. The van der Waals surface area contributed by atoms with Gasteiger partial charge in [0.2, 0.25) is 0 Å². The molecule has 0 aliphatic carbocycles. The summed E-state index contributed by atoms with van der Waals surface area (Å²) in [5.41, 5.74) is 0.0872. The zero-order valence-electron chi connectivity index (χ0n) is 11.1. The maximum Gasteiger partial charge on any atom is 0.573 e. The summed E-state index contributed by atoms with van der Waals surface area (Å²) in [7, 11) is 0. The van der Waals surface area contributed by atoms with Crippen LogP contribution in [0.5, 0.6) is 11.5 Å². The Bertz CT molecular complexity index is 457. The molecule has 1 rings (SSSR count). The first-order chi connectivity index (χ1) is 9.35. The molecule has 7 heteroatoms. The summed E-state index contributed by atoms with van der Waals surface area (Å²) in [6.45, 7) is 3.79. The molecule has 0 atom stereocenters. The number of esters is 1. The molecule has 0 fully saturated rings. The smallest absolute Gasteiger partial charge is 0.494 e. The van der Waals surface area contributed by atoms with E-state index in [4.69, 9.17) is 9.47 Å². The van der Waals surface area contributed by atoms with Crippen LogP contribution in [0.2, 0.25) is 0 Å². The highest BCUT2D eigenvalue weighted by Gasteiger charge is 2.32. The van der Waals surface area contributed by atoms with Crippen molar-refractivity contribution in [2.75, 3.05) is 13.2 Å². The second-order valence-corrected chi connectivity index (χ2v) is 3.73. The Hall–Kier alpha value is -1.92. The Morgan fingerprint density at radius 3 is 2.45 bits per heavy atom. The van der Waals surface area contributed by atoms with Crippen LogP contribution in [0.15, 0.2) is 18.2 Å². The molecular weight excluding hydrogens is 277 g/mol. The molecule has 0 spiro atoms. The Morgan fingerprint density at radius 1 is 1.20 bits per heavy atom. The molecule has 0 bridgehead atoms. The van der Waals surface area contributed by atoms with Crippen molar-refractivity contribution in [1.29, 1.82) is 0 Å². The molecule has 0 heterocycles. The van der Waals surface area contributed by atoms with Gasteiger partial charge in [0.05, 0.1) is 19.6 Å². The van der Waals surface area contributed by atoms with E-state index in [-0.39, 0.29) is 24.3 Å². The Labute approximate surface area is 114 Å². The van der Waals surface area contributed by atoms with Gasteiger partial charge in [0.1, 0.15) is 11.5 Å². The number of benzene rings is 1.